The third-order valence-electron chi connectivity index (χ3n) is 7.58. The number of aryl methyl sites for hydroxylation is 1. The molecule has 3 N–H and O–H groups in total. The highest BCUT2D eigenvalue weighted by atomic mass is 35.5. The number of piperidine rings is 1. The molecule has 30 heavy (non-hydrogen) atoms. The molecule has 158 valence electrons. The number of aromatic nitrogens is 3. The van der Waals surface area contributed by atoms with Crippen LogP contribution in [0.3, 0.4) is 0 Å². The van der Waals surface area contributed by atoms with Crippen molar-refractivity contribution in [3.8, 4) is 0 Å². The van der Waals surface area contributed by atoms with Crippen molar-refractivity contribution < 1.29 is 0 Å². The molecule has 0 unspecified atom stereocenters. The Morgan fingerprint density at radius 3 is 2.77 bits per heavy atom. The molecule has 1 spiro atoms. The summed E-state index contributed by atoms with van der Waals surface area (Å²) in [7, 11) is 0. The third-order valence-corrected chi connectivity index (χ3v) is 8.06. The lowest BCUT2D eigenvalue weighted by molar-refractivity contribution is 0.185. The topological polar surface area (TPSA) is 87.9 Å². The molecule has 2 atom stereocenters. The summed E-state index contributed by atoms with van der Waals surface area (Å²) >= 11 is 6.47. The fraction of sp³-hybridized carbons (Fsp3) is 0.522. The zero-order chi connectivity index (χ0) is 21.0. The number of halogens is 1. The standard InChI is InChI=1S/C23H28ClN5O/c1-13-5-7-23(20(13)25)8-11-29(12-9-23)22-27-17-4-3-15(18(17)21(30)28-22)16-6-10-26-14(2)19(16)24/h3,6,10,13,20H,4-5,7-9,11-12,25H2,1-2H3,(H,27,28,30)/t13-,20-/m1/s1. The number of rotatable bonds is 2. The summed E-state index contributed by atoms with van der Waals surface area (Å²) in [6, 6.07) is 2.14. The van der Waals surface area contributed by atoms with Crippen LogP contribution in [0.25, 0.3) is 5.57 Å². The molecule has 0 aromatic carbocycles. The monoisotopic (exact) mass is 425 g/mol. The molecule has 3 heterocycles. The van der Waals surface area contributed by atoms with E-state index in [0.29, 0.717) is 28.9 Å². The zero-order valence-electron chi connectivity index (χ0n) is 17.5. The lowest BCUT2D eigenvalue weighted by Crippen LogP contribution is -2.49. The predicted octanol–water partition coefficient (Wildman–Crippen LogP) is 3.46. The van der Waals surface area contributed by atoms with Gasteiger partial charge in [-0.2, -0.15) is 0 Å². The van der Waals surface area contributed by atoms with Crippen molar-refractivity contribution in [1.29, 1.82) is 0 Å². The minimum Gasteiger partial charge on any atom is -0.342 e. The van der Waals surface area contributed by atoms with Crippen LogP contribution < -0.4 is 16.2 Å². The maximum Gasteiger partial charge on any atom is 0.260 e. The van der Waals surface area contributed by atoms with E-state index in [9.17, 15) is 4.79 Å². The van der Waals surface area contributed by atoms with E-state index in [0.717, 1.165) is 48.5 Å². The number of pyridine rings is 1. The molecule has 1 saturated carbocycles. The van der Waals surface area contributed by atoms with Gasteiger partial charge in [-0.05, 0) is 55.6 Å². The molecule has 0 amide bonds. The summed E-state index contributed by atoms with van der Waals surface area (Å²) in [6.45, 7) is 5.91. The maximum atomic E-state index is 13.1. The summed E-state index contributed by atoms with van der Waals surface area (Å²) in [5, 5.41) is 0.587. The highest BCUT2D eigenvalue weighted by Gasteiger charge is 2.46. The Morgan fingerprint density at radius 1 is 1.30 bits per heavy atom. The van der Waals surface area contributed by atoms with Crippen LogP contribution in [-0.4, -0.2) is 34.1 Å². The summed E-state index contributed by atoms with van der Waals surface area (Å²) in [5.41, 5.74) is 10.6. The van der Waals surface area contributed by atoms with Crippen LogP contribution in [-0.2, 0) is 6.42 Å². The number of hydrogen-bond donors (Lipinski definition) is 2. The van der Waals surface area contributed by atoms with Gasteiger partial charge in [0.1, 0.15) is 0 Å². The van der Waals surface area contributed by atoms with Gasteiger partial charge in [0.05, 0.1) is 22.0 Å². The molecule has 2 fully saturated rings. The molecule has 0 bridgehead atoms. The molecule has 1 saturated heterocycles. The van der Waals surface area contributed by atoms with E-state index in [-0.39, 0.29) is 17.0 Å². The normalized spacial score (nSPS) is 24.9. The Morgan fingerprint density at radius 2 is 2.07 bits per heavy atom. The Kier molecular flexibility index (Phi) is 4.75. The highest BCUT2D eigenvalue weighted by molar-refractivity contribution is 6.33. The largest absolute Gasteiger partial charge is 0.342 e. The molecule has 2 aromatic heterocycles. The molecule has 7 heteroatoms. The number of nitrogens with zero attached hydrogens (tertiary/aromatic N) is 3. The van der Waals surface area contributed by atoms with Crippen molar-refractivity contribution in [3.63, 3.8) is 0 Å². The fourth-order valence-electron chi connectivity index (χ4n) is 5.60. The molecular weight excluding hydrogens is 398 g/mol. The number of H-pyrrole nitrogens is 1. The van der Waals surface area contributed by atoms with Gasteiger partial charge in [0.2, 0.25) is 5.95 Å². The van der Waals surface area contributed by atoms with Crippen LogP contribution >= 0.6 is 11.6 Å². The summed E-state index contributed by atoms with van der Waals surface area (Å²) < 4.78 is 0. The van der Waals surface area contributed by atoms with Gasteiger partial charge in [-0.15, -0.1) is 0 Å². The number of aromatic amines is 1. The Labute approximate surface area is 181 Å². The molecule has 2 aromatic rings. The van der Waals surface area contributed by atoms with Crippen LogP contribution in [0.5, 0.6) is 0 Å². The SMILES string of the molecule is Cc1nccc(C2=CCc3nc(N4CCC5(CC[C@@H](C)[C@H]5N)CC4)[nH]c(=O)c32)c1Cl. The number of allylic oxidation sites excluding steroid dienone is 1. The van der Waals surface area contributed by atoms with Gasteiger partial charge in [-0.25, -0.2) is 4.98 Å². The van der Waals surface area contributed by atoms with Gasteiger partial charge in [-0.1, -0.05) is 24.6 Å². The zero-order valence-corrected chi connectivity index (χ0v) is 18.3. The summed E-state index contributed by atoms with van der Waals surface area (Å²) in [4.78, 5) is 27.4. The quantitative estimate of drug-likeness (QED) is 0.769. The average Bonchev–Trinajstić information content (AvgIpc) is 3.28. The number of anilines is 1. The van der Waals surface area contributed by atoms with E-state index in [2.05, 4.69) is 21.8 Å². The van der Waals surface area contributed by atoms with Crippen LogP contribution in [0.4, 0.5) is 5.95 Å². The van der Waals surface area contributed by atoms with Crippen LogP contribution in [0.1, 0.15) is 55.1 Å². The van der Waals surface area contributed by atoms with Crippen molar-refractivity contribution in [2.75, 3.05) is 18.0 Å². The molecule has 6 nitrogen and oxygen atoms in total. The maximum absolute atomic E-state index is 13.1. The minimum absolute atomic E-state index is 0.101. The lowest BCUT2D eigenvalue weighted by atomic mass is 9.73. The van der Waals surface area contributed by atoms with E-state index < -0.39 is 0 Å². The van der Waals surface area contributed by atoms with Gasteiger partial charge >= 0.3 is 0 Å². The number of nitrogens with two attached hydrogens (primary N) is 1. The highest BCUT2D eigenvalue weighted by Crippen LogP contribution is 2.48. The number of hydrogen-bond acceptors (Lipinski definition) is 5. The second-order valence-electron chi connectivity index (χ2n) is 9.18. The molecule has 5 rings (SSSR count). The molecular formula is C23H28ClN5O. The van der Waals surface area contributed by atoms with Crippen LogP contribution in [0.15, 0.2) is 23.1 Å². The number of fused-ring (bicyclic) bond motifs is 1. The molecule has 2 aliphatic carbocycles. The first-order valence-electron chi connectivity index (χ1n) is 10.9. The molecule has 1 aliphatic heterocycles. The first-order chi connectivity index (χ1) is 14.4. The van der Waals surface area contributed by atoms with E-state index >= 15 is 0 Å². The Bertz CT molecular complexity index is 1080. The second-order valence-corrected chi connectivity index (χ2v) is 9.56. The van der Waals surface area contributed by atoms with Crippen LogP contribution in [0, 0.1) is 18.3 Å². The van der Waals surface area contributed by atoms with Gasteiger partial charge in [0, 0.05) is 37.3 Å². The van der Waals surface area contributed by atoms with Crippen molar-refractivity contribution in [2.24, 2.45) is 17.1 Å². The first-order valence-corrected chi connectivity index (χ1v) is 11.2. The van der Waals surface area contributed by atoms with Gasteiger partial charge in [0.25, 0.3) is 5.56 Å². The van der Waals surface area contributed by atoms with E-state index in [4.69, 9.17) is 22.3 Å². The van der Waals surface area contributed by atoms with Crippen molar-refractivity contribution in [3.05, 3.63) is 56.2 Å². The number of nitrogens with one attached hydrogen (secondary N) is 1. The average molecular weight is 426 g/mol. The Hall–Kier alpha value is -2.18. The van der Waals surface area contributed by atoms with Crippen molar-refractivity contribution in [1.82, 2.24) is 15.0 Å². The minimum atomic E-state index is -0.101. The molecule has 0 radical (unpaired) electrons. The lowest BCUT2D eigenvalue weighted by Gasteiger charge is -2.42. The van der Waals surface area contributed by atoms with Gasteiger partial charge < -0.3 is 10.6 Å². The van der Waals surface area contributed by atoms with Crippen LogP contribution in [0.2, 0.25) is 5.02 Å². The van der Waals surface area contributed by atoms with E-state index in [1.165, 1.54) is 12.8 Å². The Balaban J connectivity index is 1.40. The summed E-state index contributed by atoms with van der Waals surface area (Å²) in [5.74, 6) is 1.28. The smallest absolute Gasteiger partial charge is 0.260 e. The van der Waals surface area contributed by atoms with E-state index in [1.807, 2.05) is 19.1 Å². The third kappa shape index (κ3) is 3.00. The van der Waals surface area contributed by atoms with E-state index in [1.54, 1.807) is 6.20 Å². The van der Waals surface area contributed by atoms with Crippen molar-refractivity contribution in [2.45, 2.75) is 52.0 Å². The van der Waals surface area contributed by atoms with Crippen molar-refractivity contribution >= 4 is 23.1 Å². The first kappa shape index (κ1) is 19.8. The molecule has 3 aliphatic rings. The van der Waals surface area contributed by atoms with Gasteiger partial charge in [0.15, 0.2) is 0 Å². The summed E-state index contributed by atoms with van der Waals surface area (Å²) in [6.07, 6.45) is 8.98. The van der Waals surface area contributed by atoms with Gasteiger partial charge in [-0.3, -0.25) is 14.8 Å². The fourth-order valence-corrected chi connectivity index (χ4v) is 5.81. The predicted molar refractivity (Wildman–Crippen MR) is 120 cm³/mol. The second kappa shape index (κ2) is 7.20.